The molecule has 6 rings (SSSR count). The van der Waals surface area contributed by atoms with Gasteiger partial charge >= 0.3 is 0 Å². The molecule has 164 valence electrons. The molecule has 3 heteroatoms. The number of anilines is 1. The zero-order chi connectivity index (χ0) is 21.5. The Hall–Kier alpha value is -2.78. The molecule has 2 atom stereocenters. The van der Waals surface area contributed by atoms with Gasteiger partial charge in [-0.1, -0.05) is 48.5 Å². The first-order valence-corrected chi connectivity index (χ1v) is 12.1. The van der Waals surface area contributed by atoms with Crippen LogP contribution in [0.4, 0.5) is 5.69 Å². The van der Waals surface area contributed by atoms with Crippen molar-refractivity contribution in [3.8, 4) is 5.75 Å². The van der Waals surface area contributed by atoms with E-state index in [4.69, 9.17) is 0 Å². The lowest BCUT2D eigenvalue weighted by molar-refractivity contribution is 0.150. The van der Waals surface area contributed by atoms with Crippen LogP contribution in [0.5, 0.6) is 5.75 Å². The maximum absolute atomic E-state index is 10.1. The second-order valence-corrected chi connectivity index (χ2v) is 10.1. The minimum Gasteiger partial charge on any atom is -0.508 e. The smallest absolute Gasteiger partial charge is 0.115 e. The topological polar surface area (TPSA) is 35.5 Å². The SMILES string of the molecule is Oc1ccc2c(c1)CC[C@H](c1ccccc1)[C@@H]2c1ccc(N2CC3(CCNCC3)C2)cc1. The van der Waals surface area contributed by atoms with E-state index in [1.807, 2.05) is 12.1 Å². The lowest BCUT2D eigenvalue weighted by Gasteiger charge is -2.53. The van der Waals surface area contributed by atoms with Gasteiger partial charge in [-0.15, -0.1) is 0 Å². The lowest BCUT2D eigenvalue weighted by atomic mass is 9.69. The summed E-state index contributed by atoms with van der Waals surface area (Å²) in [5.41, 5.74) is 7.36. The Morgan fingerprint density at radius 2 is 1.59 bits per heavy atom. The van der Waals surface area contributed by atoms with Crippen LogP contribution >= 0.6 is 0 Å². The number of hydrogen-bond acceptors (Lipinski definition) is 3. The van der Waals surface area contributed by atoms with Gasteiger partial charge < -0.3 is 15.3 Å². The van der Waals surface area contributed by atoms with Crippen molar-refractivity contribution in [1.82, 2.24) is 5.32 Å². The Morgan fingerprint density at radius 3 is 2.34 bits per heavy atom. The number of benzene rings is 3. The highest BCUT2D eigenvalue weighted by atomic mass is 16.3. The summed E-state index contributed by atoms with van der Waals surface area (Å²) in [6, 6.07) is 26.3. The van der Waals surface area contributed by atoms with Crippen LogP contribution < -0.4 is 10.2 Å². The monoisotopic (exact) mass is 424 g/mol. The molecule has 0 amide bonds. The molecule has 0 bridgehead atoms. The molecule has 0 unspecified atom stereocenters. The van der Waals surface area contributed by atoms with Gasteiger partial charge in [-0.3, -0.25) is 0 Å². The summed E-state index contributed by atoms with van der Waals surface area (Å²) in [5, 5.41) is 13.6. The molecular formula is C29H32N2O. The average Bonchev–Trinajstić information content (AvgIpc) is 2.83. The van der Waals surface area contributed by atoms with Gasteiger partial charge in [0.25, 0.3) is 0 Å². The van der Waals surface area contributed by atoms with Gasteiger partial charge in [-0.05, 0) is 91.2 Å². The van der Waals surface area contributed by atoms with Gasteiger partial charge in [0.15, 0.2) is 0 Å². The molecule has 0 saturated carbocycles. The van der Waals surface area contributed by atoms with Crippen molar-refractivity contribution in [2.75, 3.05) is 31.1 Å². The Morgan fingerprint density at radius 1 is 0.844 bits per heavy atom. The third-order valence-electron chi connectivity index (χ3n) is 8.15. The molecule has 1 spiro atoms. The summed E-state index contributed by atoms with van der Waals surface area (Å²) >= 11 is 0. The van der Waals surface area contributed by atoms with Gasteiger partial charge in [0.1, 0.15) is 5.75 Å². The van der Waals surface area contributed by atoms with Crippen molar-refractivity contribution in [3.63, 3.8) is 0 Å². The highest BCUT2D eigenvalue weighted by Crippen LogP contribution is 2.47. The van der Waals surface area contributed by atoms with Gasteiger partial charge in [0, 0.05) is 30.1 Å². The number of rotatable bonds is 3. The van der Waals surface area contributed by atoms with Crippen LogP contribution in [-0.4, -0.2) is 31.3 Å². The molecule has 2 aliphatic heterocycles. The Kier molecular flexibility index (Phi) is 4.95. The van der Waals surface area contributed by atoms with Crippen molar-refractivity contribution < 1.29 is 5.11 Å². The second kappa shape index (κ2) is 7.97. The first-order chi connectivity index (χ1) is 15.7. The van der Waals surface area contributed by atoms with Crippen LogP contribution in [0, 0.1) is 5.41 Å². The number of phenolic OH excluding ortho intramolecular Hbond substituents is 1. The quantitative estimate of drug-likeness (QED) is 0.587. The summed E-state index contributed by atoms with van der Waals surface area (Å²) in [6.45, 7) is 4.74. The Balaban J connectivity index is 1.30. The third-order valence-corrected chi connectivity index (χ3v) is 8.15. The molecule has 2 saturated heterocycles. The summed E-state index contributed by atoms with van der Waals surface area (Å²) in [5.74, 6) is 1.16. The predicted molar refractivity (Wildman–Crippen MR) is 131 cm³/mol. The second-order valence-electron chi connectivity index (χ2n) is 10.1. The van der Waals surface area contributed by atoms with Crippen molar-refractivity contribution in [3.05, 3.63) is 95.1 Å². The van der Waals surface area contributed by atoms with E-state index in [1.54, 1.807) is 0 Å². The number of nitrogens with zero attached hydrogens (tertiary/aromatic N) is 1. The van der Waals surface area contributed by atoms with E-state index in [0.717, 1.165) is 12.8 Å². The summed E-state index contributed by atoms with van der Waals surface area (Å²) < 4.78 is 0. The Labute approximate surface area is 191 Å². The van der Waals surface area contributed by atoms with Crippen LogP contribution in [0.1, 0.15) is 53.4 Å². The number of aryl methyl sites for hydroxylation is 1. The van der Waals surface area contributed by atoms with Crippen molar-refractivity contribution in [2.24, 2.45) is 5.41 Å². The standard InChI is InChI=1S/C29H32N2O/c32-25-11-13-27-23(18-25)8-12-26(21-4-2-1-3-5-21)28(27)22-6-9-24(10-7-22)31-19-29(20-31)14-16-30-17-15-29/h1-7,9-11,13,18,26,28,30,32H,8,12,14-17,19-20H2/t26-,28+/m1/s1. The van der Waals surface area contributed by atoms with Crippen molar-refractivity contribution in [1.29, 1.82) is 0 Å². The first-order valence-electron chi connectivity index (χ1n) is 12.1. The van der Waals surface area contributed by atoms with E-state index >= 15 is 0 Å². The van der Waals surface area contributed by atoms with Crippen LogP contribution in [0.25, 0.3) is 0 Å². The van der Waals surface area contributed by atoms with E-state index < -0.39 is 0 Å². The summed E-state index contributed by atoms with van der Waals surface area (Å²) in [4.78, 5) is 2.55. The average molecular weight is 425 g/mol. The highest BCUT2D eigenvalue weighted by molar-refractivity contribution is 5.54. The maximum atomic E-state index is 10.1. The number of hydrogen-bond donors (Lipinski definition) is 2. The number of nitrogens with one attached hydrogen (secondary N) is 1. The van der Waals surface area contributed by atoms with Crippen molar-refractivity contribution >= 4 is 5.69 Å². The van der Waals surface area contributed by atoms with Crippen LogP contribution in [0.3, 0.4) is 0 Å². The fourth-order valence-corrected chi connectivity index (χ4v) is 6.39. The molecule has 3 aromatic rings. The van der Waals surface area contributed by atoms with E-state index in [0.29, 0.717) is 23.0 Å². The van der Waals surface area contributed by atoms with Crippen LogP contribution in [0.2, 0.25) is 0 Å². The molecule has 3 aliphatic rings. The molecule has 2 N–H and O–H groups in total. The molecular weight excluding hydrogens is 392 g/mol. The molecule has 0 aromatic heterocycles. The fraction of sp³-hybridized carbons (Fsp3) is 0.379. The normalized spacial score (nSPS) is 24.1. The molecule has 0 radical (unpaired) electrons. The van der Waals surface area contributed by atoms with E-state index in [-0.39, 0.29) is 0 Å². The molecule has 32 heavy (non-hydrogen) atoms. The lowest BCUT2D eigenvalue weighted by Crippen LogP contribution is -2.60. The van der Waals surface area contributed by atoms with E-state index in [2.05, 4.69) is 70.9 Å². The maximum Gasteiger partial charge on any atom is 0.115 e. The molecule has 3 nitrogen and oxygen atoms in total. The molecule has 1 aliphatic carbocycles. The number of aromatic hydroxyl groups is 1. The zero-order valence-electron chi connectivity index (χ0n) is 18.6. The largest absolute Gasteiger partial charge is 0.508 e. The summed E-state index contributed by atoms with van der Waals surface area (Å²) in [6.07, 6.45) is 4.75. The number of phenols is 1. The van der Waals surface area contributed by atoms with Gasteiger partial charge in [0.2, 0.25) is 0 Å². The zero-order valence-corrected chi connectivity index (χ0v) is 18.6. The minimum absolute atomic E-state index is 0.322. The fourth-order valence-electron chi connectivity index (χ4n) is 6.39. The Bertz CT molecular complexity index is 1080. The predicted octanol–water partition coefficient (Wildman–Crippen LogP) is 5.44. The molecule has 2 heterocycles. The first kappa shape index (κ1) is 19.9. The molecule has 3 aromatic carbocycles. The van der Waals surface area contributed by atoms with Crippen molar-refractivity contribution in [2.45, 2.75) is 37.5 Å². The van der Waals surface area contributed by atoms with Crippen LogP contribution in [-0.2, 0) is 6.42 Å². The van der Waals surface area contributed by atoms with Crippen LogP contribution in [0.15, 0.2) is 72.8 Å². The number of piperidine rings is 1. The van der Waals surface area contributed by atoms with Gasteiger partial charge in [0.05, 0.1) is 0 Å². The third kappa shape index (κ3) is 3.49. The van der Waals surface area contributed by atoms with E-state index in [9.17, 15) is 5.11 Å². The van der Waals surface area contributed by atoms with E-state index in [1.165, 1.54) is 67.0 Å². The van der Waals surface area contributed by atoms with Gasteiger partial charge in [-0.25, -0.2) is 0 Å². The molecule has 2 fully saturated rings. The summed E-state index contributed by atoms with van der Waals surface area (Å²) in [7, 11) is 0. The highest BCUT2D eigenvalue weighted by Gasteiger charge is 2.43. The minimum atomic E-state index is 0.322. The van der Waals surface area contributed by atoms with Gasteiger partial charge in [-0.2, -0.15) is 0 Å². The number of fused-ring (bicyclic) bond motifs is 1.